The van der Waals surface area contributed by atoms with Crippen LogP contribution in [0.2, 0.25) is 0 Å². The molecule has 302 valence electrons. The molecule has 12 rings (SSSR count). The number of para-hydroxylation sites is 1. The maximum Gasteiger partial charge on any atom is 0.160 e. The summed E-state index contributed by atoms with van der Waals surface area (Å²) >= 11 is 0. The second-order valence-electron chi connectivity index (χ2n) is 17.4. The van der Waals surface area contributed by atoms with E-state index >= 15 is 0 Å². The molecule has 0 fully saturated rings. The molecule has 11 aromatic rings. The maximum atomic E-state index is 5.28. The smallest absolute Gasteiger partial charge is 0.160 e. The Morgan fingerprint density at radius 2 is 0.828 bits per heavy atom. The van der Waals surface area contributed by atoms with E-state index < -0.39 is 0 Å². The van der Waals surface area contributed by atoms with Crippen molar-refractivity contribution in [1.82, 2.24) is 14.5 Å². The largest absolute Gasteiger partial charge is 0.309 e. The van der Waals surface area contributed by atoms with Crippen LogP contribution in [0.5, 0.6) is 0 Å². The highest BCUT2D eigenvalue weighted by atomic mass is 15.0. The van der Waals surface area contributed by atoms with Gasteiger partial charge in [0.1, 0.15) is 0 Å². The molecule has 0 bridgehead atoms. The van der Waals surface area contributed by atoms with E-state index in [1.165, 1.54) is 55.3 Å². The van der Waals surface area contributed by atoms with E-state index in [4.69, 9.17) is 9.97 Å². The first-order valence-electron chi connectivity index (χ1n) is 22.1. The van der Waals surface area contributed by atoms with Gasteiger partial charge in [0.25, 0.3) is 0 Å². The molecule has 3 nitrogen and oxygen atoms in total. The summed E-state index contributed by atoms with van der Waals surface area (Å²) in [6, 6.07) is 80.9. The molecular weight excluding hydrogens is 775 g/mol. The van der Waals surface area contributed by atoms with Crippen LogP contribution in [0.4, 0.5) is 0 Å². The average molecular weight is 818 g/mol. The Kier molecular flexibility index (Phi) is 8.84. The molecule has 64 heavy (non-hydrogen) atoms. The van der Waals surface area contributed by atoms with Crippen LogP contribution < -0.4 is 0 Å². The highest BCUT2D eigenvalue weighted by Gasteiger charge is 2.35. The van der Waals surface area contributed by atoms with Crippen LogP contribution in [0.25, 0.3) is 106 Å². The van der Waals surface area contributed by atoms with Crippen molar-refractivity contribution in [2.75, 3.05) is 0 Å². The first-order chi connectivity index (χ1) is 31.5. The van der Waals surface area contributed by atoms with Gasteiger partial charge in [0.15, 0.2) is 5.82 Å². The van der Waals surface area contributed by atoms with Crippen LogP contribution in [0.3, 0.4) is 0 Å². The molecule has 0 aliphatic heterocycles. The molecule has 0 unspecified atom stereocenters. The molecule has 0 N–H and O–H groups in total. The quantitative estimate of drug-likeness (QED) is 0.160. The molecular formula is C61H43N3. The Morgan fingerprint density at radius 3 is 1.52 bits per heavy atom. The topological polar surface area (TPSA) is 30.7 Å². The third-order valence-corrected chi connectivity index (χ3v) is 13.2. The minimum atomic E-state index is -0.0402. The fraction of sp³-hybridized carbons (Fsp3) is 0.0492. The highest BCUT2D eigenvalue weighted by Crippen LogP contribution is 2.49. The summed E-state index contributed by atoms with van der Waals surface area (Å²) in [7, 11) is 0. The minimum Gasteiger partial charge on any atom is -0.309 e. The van der Waals surface area contributed by atoms with Gasteiger partial charge in [0.05, 0.1) is 22.4 Å². The Labute approximate surface area is 373 Å². The molecule has 0 saturated carbocycles. The Balaban J connectivity index is 0.997. The molecule has 0 amide bonds. The van der Waals surface area contributed by atoms with Crippen LogP contribution in [0, 0.1) is 0 Å². The third kappa shape index (κ3) is 6.36. The molecule has 3 heteroatoms. The van der Waals surface area contributed by atoms with Gasteiger partial charge in [0, 0.05) is 38.6 Å². The van der Waals surface area contributed by atoms with Gasteiger partial charge in [-0.1, -0.05) is 196 Å². The van der Waals surface area contributed by atoms with Gasteiger partial charge >= 0.3 is 0 Å². The van der Waals surface area contributed by atoms with Crippen LogP contribution in [-0.2, 0) is 5.41 Å². The van der Waals surface area contributed by atoms with Gasteiger partial charge < -0.3 is 4.57 Å². The minimum absolute atomic E-state index is 0.0402. The van der Waals surface area contributed by atoms with E-state index in [-0.39, 0.29) is 5.41 Å². The summed E-state index contributed by atoms with van der Waals surface area (Å²) in [6.07, 6.45) is 0. The van der Waals surface area contributed by atoms with Gasteiger partial charge in [0.2, 0.25) is 0 Å². The zero-order valence-corrected chi connectivity index (χ0v) is 35.7. The number of fused-ring (bicyclic) bond motifs is 6. The molecule has 9 aromatic carbocycles. The monoisotopic (exact) mass is 817 g/mol. The number of nitrogens with zero attached hydrogens (tertiary/aromatic N) is 3. The zero-order chi connectivity index (χ0) is 42.8. The number of rotatable bonds is 7. The van der Waals surface area contributed by atoms with E-state index in [0.717, 1.165) is 55.9 Å². The Morgan fingerprint density at radius 1 is 0.328 bits per heavy atom. The first kappa shape index (κ1) is 37.6. The van der Waals surface area contributed by atoms with Crippen LogP contribution in [0.15, 0.2) is 224 Å². The van der Waals surface area contributed by atoms with Crippen molar-refractivity contribution in [1.29, 1.82) is 0 Å². The lowest BCUT2D eigenvalue weighted by molar-refractivity contribution is 0.660. The summed E-state index contributed by atoms with van der Waals surface area (Å²) in [4.78, 5) is 10.6. The molecule has 0 spiro atoms. The predicted octanol–water partition coefficient (Wildman–Crippen LogP) is 15.9. The molecule has 0 atom stereocenters. The second-order valence-corrected chi connectivity index (χ2v) is 17.4. The van der Waals surface area contributed by atoms with Crippen molar-refractivity contribution in [3.05, 3.63) is 236 Å². The van der Waals surface area contributed by atoms with E-state index in [0.29, 0.717) is 5.82 Å². The van der Waals surface area contributed by atoms with E-state index in [1.54, 1.807) is 0 Å². The van der Waals surface area contributed by atoms with Gasteiger partial charge in [-0.2, -0.15) is 0 Å². The van der Waals surface area contributed by atoms with E-state index in [1.807, 2.05) is 12.1 Å². The summed E-state index contributed by atoms with van der Waals surface area (Å²) in [5.41, 5.74) is 20.6. The SMILES string of the molecule is CC1(C)c2ccccc2-c2ccc(-c3ccc(-c4ccc5c6ccccc6n(-c6cc(-c7ccccc7)cc(-c7nc(-c8ccccc8)cc(-c8ccccc8)n7)c6)c5c4)cc3)cc21. The van der Waals surface area contributed by atoms with Crippen molar-refractivity contribution in [2.45, 2.75) is 19.3 Å². The highest BCUT2D eigenvalue weighted by molar-refractivity contribution is 6.10. The number of aromatic nitrogens is 3. The van der Waals surface area contributed by atoms with Gasteiger partial charge in [-0.15, -0.1) is 0 Å². The van der Waals surface area contributed by atoms with Gasteiger partial charge in [-0.05, 0) is 98.1 Å². The van der Waals surface area contributed by atoms with E-state index in [2.05, 4.69) is 231 Å². The van der Waals surface area contributed by atoms with Crippen molar-refractivity contribution in [2.24, 2.45) is 0 Å². The van der Waals surface area contributed by atoms with Crippen LogP contribution in [0.1, 0.15) is 25.0 Å². The standard InChI is InChI=1S/C61H43N3/c1-61(2)54-24-14-12-22-50(54)51-32-30-45(37-55(51)61)41-26-28-42(29-27-41)46-31-33-53-52-23-13-15-25-58(52)64(59(53)38-46)49-35-47(40-16-6-3-7-17-40)34-48(36-49)60-62-56(43-18-8-4-9-19-43)39-57(63-60)44-20-10-5-11-21-44/h3-39H,1-2H3. The lowest BCUT2D eigenvalue weighted by Gasteiger charge is -2.22. The fourth-order valence-electron chi connectivity index (χ4n) is 9.92. The molecule has 0 radical (unpaired) electrons. The van der Waals surface area contributed by atoms with Gasteiger partial charge in [-0.3, -0.25) is 0 Å². The summed E-state index contributed by atoms with van der Waals surface area (Å²) in [6.45, 7) is 4.69. The first-order valence-corrected chi connectivity index (χ1v) is 22.1. The molecule has 2 heterocycles. The molecule has 0 saturated heterocycles. The van der Waals surface area contributed by atoms with Crippen molar-refractivity contribution in [3.8, 4) is 84.1 Å². The average Bonchev–Trinajstić information content (AvgIpc) is 3.82. The summed E-state index contributed by atoms with van der Waals surface area (Å²) in [5.74, 6) is 0.678. The second kappa shape index (κ2) is 15.0. The summed E-state index contributed by atoms with van der Waals surface area (Å²) < 4.78 is 2.42. The van der Waals surface area contributed by atoms with E-state index in [9.17, 15) is 0 Å². The summed E-state index contributed by atoms with van der Waals surface area (Å²) in [5, 5.41) is 2.42. The number of hydrogen-bond donors (Lipinski definition) is 0. The van der Waals surface area contributed by atoms with Crippen molar-refractivity contribution >= 4 is 21.8 Å². The predicted molar refractivity (Wildman–Crippen MR) is 267 cm³/mol. The van der Waals surface area contributed by atoms with Crippen molar-refractivity contribution < 1.29 is 0 Å². The fourth-order valence-corrected chi connectivity index (χ4v) is 9.92. The number of benzene rings is 9. The molecule has 1 aliphatic carbocycles. The van der Waals surface area contributed by atoms with Gasteiger partial charge in [-0.25, -0.2) is 9.97 Å². The lowest BCUT2D eigenvalue weighted by Crippen LogP contribution is -2.14. The Bertz CT molecular complexity index is 3490. The third-order valence-electron chi connectivity index (χ3n) is 13.2. The Hall–Kier alpha value is -8.14. The van der Waals surface area contributed by atoms with Crippen molar-refractivity contribution in [3.63, 3.8) is 0 Å². The normalized spacial score (nSPS) is 12.7. The number of hydrogen-bond acceptors (Lipinski definition) is 2. The van der Waals surface area contributed by atoms with Crippen LogP contribution in [-0.4, -0.2) is 14.5 Å². The lowest BCUT2D eigenvalue weighted by atomic mass is 9.81. The van der Waals surface area contributed by atoms with Crippen LogP contribution >= 0.6 is 0 Å². The zero-order valence-electron chi connectivity index (χ0n) is 35.7. The maximum absolute atomic E-state index is 5.28. The molecule has 1 aliphatic rings. The molecule has 2 aromatic heterocycles.